The fraction of sp³-hybridized carbons (Fsp3) is 0.562. The van der Waals surface area contributed by atoms with Crippen LogP contribution in [0.25, 0.3) is 0 Å². The molecule has 0 saturated carbocycles. The number of benzene rings is 1. The molecule has 24 heavy (non-hydrogen) atoms. The van der Waals surface area contributed by atoms with Gasteiger partial charge in [-0.05, 0) is 32.9 Å². The molecular formula is C16H24F2N2O4. The number of carbonyl (C=O) groups is 1. The minimum absolute atomic E-state index is 0.105. The molecule has 1 aliphatic rings. The first-order valence-electron chi connectivity index (χ1n) is 7.56. The molecule has 0 radical (unpaired) electrons. The lowest BCUT2D eigenvalue weighted by molar-refractivity contribution is -0.0498. The smallest absolute Gasteiger partial charge is 0.407 e. The van der Waals surface area contributed by atoms with E-state index in [1.807, 2.05) is 4.90 Å². The number of amides is 1. The minimum atomic E-state index is -2.85. The van der Waals surface area contributed by atoms with Gasteiger partial charge in [0, 0.05) is 37.9 Å². The third kappa shape index (κ3) is 7.96. The zero-order valence-corrected chi connectivity index (χ0v) is 14.1. The van der Waals surface area contributed by atoms with Crippen LogP contribution in [-0.2, 0) is 0 Å². The Labute approximate surface area is 140 Å². The van der Waals surface area contributed by atoms with Gasteiger partial charge in [-0.25, -0.2) is 4.79 Å². The summed E-state index contributed by atoms with van der Waals surface area (Å²) in [6.45, 7) is 4.24. The zero-order valence-electron chi connectivity index (χ0n) is 14.1. The first-order valence-corrected chi connectivity index (χ1v) is 7.56. The Morgan fingerprint density at radius 1 is 1.21 bits per heavy atom. The molecule has 1 heterocycles. The van der Waals surface area contributed by atoms with Gasteiger partial charge in [0.15, 0.2) is 0 Å². The molecule has 2 N–H and O–H groups in total. The van der Waals surface area contributed by atoms with E-state index in [1.165, 1.54) is 17.0 Å². The predicted molar refractivity (Wildman–Crippen MR) is 86.9 cm³/mol. The van der Waals surface area contributed by atoms with E-state index >= 15 is 0 Å². The van der Waals surface area contributed by atoms with Gasteiger partial charge in [0.1, 0.15) is 5.75 Å². The lowest BCUT2D eigenvalue weighted by Crippen LogP contribution is -2.48. The van der Waals surface area contributed by atoms with Gasteiger partial charge in [0.05, 0.1) is 5.60 Å². The lowest BCUT2D eigenvalue weighted by Gasteiger charge is -2.34. The average molecular weight is 346 g/mol. The number of hydrogen-bond donors (Lipinski definition) is 2. The number of carboxylic acid groups (broad SMARTS) is 1. The molecule has 6 nitrogen and oxygen atoms in total. The number of piperazine rings is 1. The van der Waals surface area contributed by atoms with Gasteiger partial charge in [-0.1, -0.05) is 6.07 Å². The highest BCUT2D eigenvalue weighted by molar-refractivity contribution is 5.65. The molecule has 1 aromatic rings. The number of ether oxygens (including phenoxy) is 1. The monoisotopic (exact) mass is 346 g/mol. The third-order valence-electron chi connectivity index (χ3n) is 2.96. The van der Waals surface area contributed by atoms with Crippen LogP contribution in [-0.4, -0.2) is 59.6 Å². The van der Waals surface area contributed by atoms with E-state index in [9.17, 15) is 13.6 Å². The van der Waals surface area contributed by atoms with Crippen LogP contribution in [0.5, 0.6) is 5.75 Å². The van der Waals surface area contributed by atoms with Crippen molar-refractivity contribution in [3.63, 3.8) is 0 Å². The van der Waals surface area contributed by atoms with Crippen molar-refractivity contribution >= 4 is 11.8 Å². The van der Waals surface area contributed by atoms with Crippen molar-refractivity contribution in [2.75, 3.05) is 31.1 Å². The van der Waals surface area contributed by atoms with E-state index in [2.05, 4.69) is 4.74 Å². The summed E-state index contributed by atoms with van der Waals surface area (Å²) in [6, 6.07) is 6.41. The van der Waals surface area contributed by atoms with Gasteiger partial charge in [-0.15, -0.1) is 0 Å². The second kappa shape index (κ2) is 8.68. The molecule has 0 spiro atoms. The molecule has 136 valence electrons. The molecule has 1 fully saturated rings. The van der Waals surface area contributed by atoms with Gasteiger partial charge < -0.3 is 24.7 Å². The minimum Gasteiger partial charge on any atom is -0.465 e. The quantitative estimate of drug-likeness (QED) is 0.880. The maximum atomic E-state index is 12.1. The van der Waals surface area contributed by atoms with E-state index in [0.717, 1.165) is 5.69 Å². The summed E-state index contributed by atoms with van der Waals surface area (Å²) in [7, 11) is 0. The number of aliphatic hydroxyl groups is 1. The average Bonchev–Trinajstić information content (AvgIpc) is 2.45. The standard InChI is InChI=1S/C12H14F2N2O3.C4H10O/c13-11(14)19-10-3-1-2-9(8-10)15-4-6-16(7-5-15)12(17)18;1-4(2,3)5/h1-3,8,11H,4-7H2,(H,17,18);5H,1-3H3. The molecule has 0 atom stereocenters. The number of halogens is 2. The summed E-state index contributed by atoms with van der Waals surface area (Å²) in [5.74, 6) is 0.105. The van der Waals surface area contributed by atoms with Crippen molar-refractivity contribution in [2.24, 2.45) is 0 Å². The Hall–Kier alpha value is -2.09. The summed E-state index contributed by atoms with van der Waals surface area (Å²) < 4.78 is 28.6. The number of hydrogen-bond acceptors (Lipinski definition) is 4. The van der Waals surface area contributed by atoms with Gasteiger partial charge in [-0.3, -0.25) is 0 Å². The molecular weight excluding hydrogens is 322 g/mol. The normalized spacial score (nSPS) is 15.0. The van der Waals surface area contributed by atoms with Gasteiger partial charge >= 0.3 is 12.7 Å². The van der Waals surface area contributed by atoms with E-state index in [-0.39, 0.29) is 5.75 Å². The van der Waals surface area contributed by atoms with E-state index in [1.54, 1.807) is 32.9 Å². The van der Waals surface area contributed by atoms with Crippen molar-refractivity contribution in [1.29, 1.82) is 0 Å². The number of anilines is 1. The van der Waals surface area contributed by atoms with Crippen molar-refractivity contribution in [2.45, 2.75) is 33.0 Å². The van der Waals surface area contributed by atoms with E-state index < -0.39 is 18.3 Å². The van der Waals surface area contributed by atoms with Crippen LogP contribution in [0.4, 0.5) is 19.3 Å². The van der Waals surface area contributed by atoms with Crippen molar-refractivity contribution < 1.29 is 28.5 Å². The van der Waals surface area contributed by atoms with Crippen molar-refractivity contribution in [3.05, 3.63) is 24.3 Å². The molecule has 0 aliphatic carbocycles. The second-order valence-corrected chi connectivity index (χ2v) is 6.30. The first kappa shape index (κ1) is 20.0. The van der Waals surface area contributed by atoms with Crippen molar-refractivity contribution in [3.8, 4) is 5.75 Å². The maximum Gasteiger partial charge on any atom is 0.407 e. The SMILES string of the molecule is CC(C)(C)O.O=C(O)N1CCN(c2cccc(OC(F)F)c2)CC1. The zero-order chi connectivity index (χ0) is 18.3. The summed E-state index contributed by atoms with van der Waals surface area (Å²) in [4.78, 5) is 14.0. The summed E-state index contributed by atoms with van der Waals surface area (Å²) in [5, 5.41) is 17.4. The Bertz CT molecular complexity index is 521. The van der Waals surface area contributed by atoms with Gasteiger partial charge in [0.2, 0.25) is 0 Å². The summed E-state index contributed by atoms with van der Waals surface area (Å²) >= 11 is 0. The molecule has 1 aromatic carbocycles. The Kier molecular flexibility index (Phi) is 7.21. The molecule has 0 bridgehead atoms. The van der Waals surface area contributed by atoms with Crippen LogP contribution in [0.1, 0.15) is 20.8 Å². The highest BCUT2D eigenvalue weighted by atomic mass is 19.3. The van der Waals surface area contributed by atoms with Gasteiger partial charge in [-0.2, -0.15) is 8.78 Å². The third-order valence-corrected chi connectivity index (χ3v) is 2.96. The Morgan fingerprint density at radius 3 is 2.21 bits per heavy atom. The molecule has 2 rings (SSSR count). The topological polar surface area (TPSA) is 73.2 Å². The molecule has 1 amide bonds. The van der Waals surface area contributed by atoms with Crippen molar-refractivity contribution in [1.82, 2.24) is 4.90 Å². The van der Waals surface area contributed by atoms with Crippen LogP contribution < -0.4 is 9.64 Å². The maximum absolute atomic E-state index is 12.1. The second-order valence-electron chi connectivity index (χ2n) is 6.30. The van der Waals surface area contributed by atoms with Crippen LogP contribution in [0.2, 0.25) is 0 Å². The molecule has 0 unspecified atom stereocenters. The number of nitrogens with zero attached hydrogens (tertiary/aromatic N) is 2. The van der Waals surface area contributed by atoms with Crippen LogP contribution >= 0.6 is 0 Å². The Morgan fingerprint density at radius 2 is 1.75 bits per heavy atom. The summed E-state index contributed by atoms with van der Waals surface area (Å²) in [5.41, 5.74) is 0.253. The molecule has 1 aliphatic heterocycles. The fourth-order valence-electron chi connectivity index (χ4n) is 2.01. The lowest BCUT2D eigenvalue weighted by atomic mass is 10.2. The highest BCUT2D eigenvalue weighted by Crippen LogP contribution is 2.23. The summed E-state index contributed by atoms with van der Waals surface area (Å²) in [6.07, 6.45) is -0.936. The van der Waals surface area contributed by atoms with E-state index in [4.69, 9.17) is 10.2 Å². The van der Waals surface area contributed by atoms with Crippen LogP contribution in [0.3, 0.4) is 0 Å². The number of rotatable bonds is 3. The molecule has 0 aromatic heterocycles. The Balaban J connectivity index is 0.000000505. The first-order chi connectivity index (χ1) is 11.1. The predicted octanol–water partition coefficient (Wildman–Crippen LogP) is 2.87. The van der Waals surface area contributed by atoms with Crippen LogP contribution in [0.15, 0.2) is 24.3 Å². The highest BCUT2D eigenvalue weighted by Gasteiger charge is 2.20. The number of alkyl halides is 2. The van der Waals surface area contributed by atoms with Crippen LogP contribution in [0, 0.1) is 0 Å². The molecule has 1 saturated heterocycles. The van der Waals surface area contributed by atoms with Gasteiger partial charge in [0.25, 0.3) is 0 Å². The van der Waals surface area contributed by atoms with E-state index in [0.29, 0.717) is 26.2 Å². The molecule has 8 heteroatoms. The largest absolute Gasteiger partial charge is 0.465 e. The fourth-order valence-corrected chi connectivity index (χ4v) is 2.01.